The molecule has 2 N–H and O–H groups in total. The molecule has 0 aliphatic heterocycles. The van der Waals surface area contributed by atoms with Gasteiger partial charge in [0.25, 0.3) is 0 Å². The maximum atomic E-state index is 6.16. The second kappa shape index (κ2) is 7.38. The molecule has 4 nitrogen and oxygen atoms in total. The van der Waals surface area contributed by atoms with Crippen LogP contribution >= 0.6 is 23.2 Å². The summed E-state index contributed by atoms with van der Waals surface area (Å²) in [5.74, 6) is 2.06. The summed E-state index contributed by atoms with van der Waals surface area (Å²) in [6, 6.07) is 9.49. The Morgan fingerprint density at radius 2 is 1.67 bits per heavy atom. The van der Waals surface area contributed by atoms with Crippen molar-refractivity contribution in [3.63, 3.8) is 0 Å². The Bertz CT molecular complexity index is 603. The highest BCUT2D eigenvalue weighted by Gasteiger charge is 2.08. The number of ether oxygens (including phenoxy) is 1. The number of hydrogen-bond acceptors (Lipinski definition) is 4. The molecule has 112 valence electrons. The number of aromatic nitrogens is 1. The second-order valence-corrected chi connectivity index (χ2v) is 5.20. The van der Waals surface area contributed by atoms with Crippen molar-refractivity contribution in [2.75, 3.05) is 24.3 Å². The topological polar surface area (TPSA) is 46.2 Å². The minimum Gasteiger partial charge on any atom is -0.497 e. The Kier molecular flexibility index (Phi) is 5.53. The lowest BCUT2D eigenvalue weighted by Gasteiger charge is -2.12. The minimum atomic E-state index is 0.496. The van der Waals surface area contributed by atoms with Gasteiger partial charge in [-0.05, 0) is 30.7 Å². The molecule has 0 aliphatic carbocycles. The van der Waals surface area contributed by atoms with E-state index in [4.69, 9.17) is 27.9 Å². The molecule has 0 saturated heterocycles. The first-order valence-corrected chi connectivity index (χ1v) is 7.36. The summed E-state index contributed by atoms with van der Waals surface area (Å²) in [6.45, 7) is 3.34. The molecule has 0 aliphatic rings. The van der Waals surface area contributed by atoms with E-state index in [0.717, 1.165) is 17.9 Å². The second-order valence-electron chi connectivity index (χ2n) is 4.38. The number of anilines is 2. The van der Waals surface area contributed by atoms with E-state index in [-0.39, 0.29) is 0 Å². The summed E-state index contributed by atoms with van der Waals surface area (Å²) in [6.07, 6.45) is 0. The Balaban J connectivity index is 2.09. The first-order valence-electron chi connectivity index (χ1n) is 6.60. The maximum Gasteiger partial charge on any atom is 0.147 e. The van der Waals surface area contributed by atoms with E-state index >= 15 is 0 Å². The third kappa shape index (κ3) is 4.16. The van der Waals surface area contributed by atoms with Gasteiger partial charge in [-0.15, -0.1) is 0 Å². The molecule has 0 atom stereocenters. The first kappa shape index (κ1) is 15.7. The summed E-state index contributed by atoms with van der Waals surface area (Å²) >= 11 is 12.2. The van der Waals surface area contributed by atoms with Gasteiger partial charge in [0.1, 0.15) is 17.4 Å². The van der Waals surface area contributed by atoms with Crippen molar-refractivity contribution >= 4 is 34.8 Å². The van der Waals surface area contributed by atoms with Crippen molar-refractivity contribution in [1.82, 2.24) is 4.98 Å². The van der Waals surface area contributed by atoms with E-state index in [1.807, 2.05) is 31.2 Å². The highest BCUT2D eigenvalue weighted by atomic mass is 35.5. The van der Waals surface area contributed by atoms with Crippen LogP contribution in [0.15, 0.2) is 30.3 Å². The molecule has 1 heterocycles. The van der Waals surface area contributed by atoms with Crippen molar-refractivity contribution in [2.24, 2.45) is 0 Å². The predicted octanol–water partition coefficient (Wildman–Crippen LogP) is 4.44. The van der Waals surface area contributed by atoms with Gasteiger partial charge >= 0.3 is 0 Å². The minimum absolute atomic E-state index is 0.496. The molecule has 0 amide bonds. The van der Waals surface area contributed by atoms with Gasteiger partial charge in [-0.2, -0.15) is 0 Å². The third-order valence-corrected chi connectivity index (χ3v) is 3.47. The SMILES string of the molecule is CCNc1nc(NCc2ccc(OC)cc2)c(Cl)cc1Cl. The molecule has 0 bridgehead atoms. The zero-order valence-corrected chi connectivity index (χ0v) is 13.4. The smallest absolute Gasteiger partial charge is 0.147 e. The molecule has 1 aromatic carbocycles. The molecule has 2 aromatic rings. The third-order valence-electron chi connectivity index (χ3n) is 2.89. The number of pyridine rings is 1. The lowest BCUT2D eigenvalue weighted by molar-refractivity contribution is 0.414. The average Bonchev–Trinajstić information content (AvgIpc) is 2.49. The van der Waals surface area contributed by atoms with Gasteiger partial charge in [-0.3, -0.25) is 0 Å². The maximum absolute atomic E-state index is 6.16. The van der Waals surface area contributed by atoms with Crippen LogP contribution in [0, 0.1) is 0 Å². The zero-order valence-electron chi connectivity index (χ0n) is 11.9. The van der Waals surface area contributed by atoms with Gasteiger partial charge in [0.05, 0.1) is 17.2 Å². The van der Waals surface area contributed by atoms with Crippen LogP contribution in [0.2, 0.25) is 10.0 Å². The van der Waals surface area contributed by atoms with Gasteiger partial charge in [-0.25, -0.2) is 4.98 Å². The van der Waals surface area contributed by atoms with Crippen LogP contribution in [0.4, 0.5) is 11.6 Å². The highest BCUT2D eigenvalue weighted by molar-refractivity contribution is 6.37. The van der Waals surface area contributed by atoms with Crippen LogP contribution in [-0.4, -0.2) is 18.6 Å². The predicted molar refractivity (Wildman–Crippen MR) is 88.7 cm³/mol. The Morgan fingerprint density at radius 3 is 2.24 bits per heavy atom. The normalized spacial score (nSPS) is 10.3. The van der Waals surface area contributed by atoms with Crippen molar-refractivity contribution in [3.05, 3.63) is 45.9 Å². The molecular formula is C15H17Cl2N3O. The summed E-state index contributed by atoms with van der Waals surface area (Å²) in [4.78, 5) is 4.40. The summed E-state index contributed by atoms with van der Waals surface area (Å²) in [5, 5.41) is 7.32. The molecule has 0 spiro atoms. The molecule has 0 radical (unpaired) electrons. The van der Waals surface area contributed by atoms with Gasteiger partial charge in [0, 0.05) is 13.1 Å². The van der Waals surface area contributed by atoms with Crippen LogP contribution in [0.1, 0.15) is 12.5 Å². The monoisotopic (exact) mass is 325 g/mol. The van der Waals surface area contributed by atoms with Gasteiger partial charge in [0.15, 0.2) is 0 Å². The van der Waals surface area contributed by atoms with E-state index in [1.54, 1.807) is 13.2 Å². The fourth-order valence-corrected chi connectivity index (χ4v) is 2.30. The molecule has 21 heavy (non-hydrogen) atoms. The fraction of sp³-hybridized carbons (Fsp3) is 0.267. The number of methoxy groups -OCH3 is 1. The van der Waals surface area contributed by atoms with Crippen molar-refractivity contribution in [3.8, 4) is 5.75 Å². The van der Waals surface area contributed by atoms with E-state index < -0.39 is 0 Å². The van der Waals surface area contributed by atoms with Crippen LogP contribution < -0.4 is 15.4 Å². The fourth-order valence-electron chi connectivity index (χ4n) is 1.81. The van der Waals surface area contributed by atoms with Crippen LogP contribution in [0.25, 0.3) is 0 Å². The molecule has 2 rings (SSSR count). The molecular weight excluding hydrogens is 309 g/mol. The molecule has 1 aromatic heterocycles. The summed E-state index contributed by atoms with van der Waals surface area (Å²) in [5.41, 5.74) is 1.11. The number of rotatable bonds is 6. The molecule has 6 heteroatoms. The number of nitrogens with zero attached hydrogens (tertiary/aromatic N) is 1. The summed E-state index contributed by atoms with van der Waals surface area (Å²) < 4.78 is 5.13. The lowest BCUT2D eigenvalue weighted by atomic mass is 10.2. The van der Waals surface area contributed by atoms with E-state index in [2.05, 4.69) is 15.6 Å². The number of benzene rings is 1. The van der Waals surface area contributed by atoms with Crippen molar-refractivity contribution < 1.29 is 4.74 Å². The van der Waals surface area contributed by atoms with Gasteiger partial charge < -0.3 is 15.4 Å². The van der Waals surface area contributed by atoms with Crippen LogP contribution in [0.5, 0.6) is 5.75 Å². The van der Waals surface area contributed by atoms with Crippen molar-refractivity contribution in [2.45, 2.75) is 13.5 Å². The van der Waals surface area contributed by atoms with Crippen LogP contribution in [0.3, 0.4) is 0 Å². The van der Waals surface area contributed by atoms with E-state index in [0.29, 0.717) is 28.2 Å². The number of halogens is 2. The average molecular weight is 326 g/mol. The quantitative estimate of drug-likeness (QED) is 0.824. The number of hydrogen-bond donors (Lipinski definition) is 2. The van der Waals surface area contributed by atoms with Crippen molar-refractivity contribution in [1.29, 1.82) is 0 Å². The Morgan fingerprint density at radius 1 is 1.05 bits per heavy atom. The first-order chi connectivity index (χ1) is 10.1. The lowest BCUT2D eigenvalue weighted by Crippen LogP contribution is -2.06. The standard InChI is InChI=1S/C15H17Cl2N3O/c1-3-18-14-12(16)8-13(17)15(20-14)19-9-10-4-6-11(21-2)7-5-10/h4-8H,3,9H2,1-2H3,(H2,18,19,20). The Hall–Kier alpha value is -1.65. The molecule has 0 saturated carbocycles. The largest absolute Gasteiger partial charge is 0.497 e. The molecule has 0 unspecified atom stereocenters. The number of nitrogens with one attached hydrogen (secondary N) is 2. The highest BCUT2D eigenvalue weighted by Crippen LogP contribution is 2.29. The zero-order chi connectivity index (χ0) is 15.2. The van der Waals surface area contributed by atoms with Gasteiger partial charge in [-0.1, -0.05) is 35.3 Å². The molecule has 0 fully saturated rings. The Labute approximate surface area is 134 Å². The van der Waals surface area contributed by atoms with E-state index in [9.17, 15) is 0 Å². The van der Waals surface area contributed by atoms with Gasteiger partial charge in [0.2, 0.25) is 0 Å². The summed E-state index contributed by atoms with van der Waals surface area (Å²) in [7, 11) is 1.65. The van der Waals surface area contributed by atoms with Crippen LogP contribution in [-0.2, 0) is 6.54 Å². The van der Waals surface area contributed by atoms with E-state index in [1.165, 1.54) is 0 Å².